The summed E-state index contributed by atoms with van der Waals surface area (Å²) in [6.45, 7) is 7.45. The van der Waals surface area contributed by atoms with E-state index in [-0.39, 0.29) is 0 Å². The van der Waals surface area contributed by atoms with Crippen LogP contribution < -0.4 is 5.32 Å². The molecule has 1 N–H and O–H groups in total. The summed E-state index contributed by atoms with van der Waals surface area (Å²) in [4.78, 5) is 0. The third-order valence-electron chi connectivity index (χ3n) is 4.30. The van der Waals surface area contributed by atoms with Gasteiger partial charge in [-0.05, 0) is 57.9 Å². The van der Waals surface area contributed by atoms with Gasteiger partial charge in [-0.15, -0.1) is 0 Å². The Morgan fingerprint density at radius 3 is 2.56 bits per heavy atom. The monoisotopic (exact) mass is 255 g/mol. The maximum Gasteiger partial charge on any atom is 0.0732 e. The maximum atomic E-state index is 6.07. The first-order chi connectivity index (χ1) is 8.79. The van der Waals surface area contributed by atoms with Crippen molar-refractivity contribution in [3.05, 3.63) is 0 Å². The second-order valence-corrected chi connectivity index (χ2v) is 5.91. The molecule has 0 amide bonds. The highest BCUT2D eigenvalue weighted by molar-refractivity contribution is 4.85. The van der Waals surface area contributed by atoms with Crippen LogP contribution in [0.5, 0.6) is 0 Å². The molecule has 0 aromatic rings. The average Bonchev–Trinajstić information content (AvgIpc) is 2.82. The topological polar surface area (TPSA) is 30.5 Å². The van der Waals surface area contributed by atoms with Crippen molar-refractivity contribution in [3.8, 4) is 0 Å². The summed E-state index contributed by atoms with van der Waals surface area (Å²) >= 11 is 0. The average molecular weight is 255 g/mol. The molecule has 18 heavy (non-hydrogen) atoms. The van der Waals surface area contributed by atoms with Crippen LogP contribution in [0.1, 0.15) is 52.4 Å². The van der Waals surface area contributed by atoms with Crippen molar-refractivity contribution < 1.29 is 9.47 Å². The number of hydrogen-bond donors (Lipinski definition) is 1. The van der Waals surface area contributed by atoms with Gasteiger partial charge in [0.05, 0.1) is 12.2 Å². The van der Waals surface area contributed by atoms with E-state index in [0.29, 0.717) is 18.2 Å². The summed E-state index contributed by atoms with van der Waals surface area (Å²) in [5.41, 5.74) is 0. The lowest BCUT2D eigenvalue weighted by Gasteiger charge is -2.30. The first-order valence-corrected chi connectivity index (χ1v) is 7.76. The van der Waals surface area contributed by atoms with Gasteiger partial charge < -0.3 is 14.8 Å². The number of ether oxygens (including phenoxy) is 2. The zero-order valence-electron chi connectivity index (χ0n) is 12.0. The van der Waals surface area contributed by atoms with E-state index < -0.39 is 0 Å². The molecule has 0 bridgehead atoms. The molecular weight excluding hydrogens is 226 g/mol. The summed E-state index contributed by atoms with van der Waals surface area (Å²) in [6, 6.07) is 0.554. The van der Waals surface area contributed by atoms with Gasteiger partial charge in [-0.1, -0.05) is 6.92 Å². The fourth-order valence-electron chi connectivity index (χ4n) is 3.17. The van der Waals surface area contributed by atoms with Gasteiger partial charge in [0.1, 0.15) is 0 Å². The van der Waals surface area contributed by atoms with Crippen LogP contribution in [0.2, 0.25) is 0 Å². The third kappa shape index (κ3) is 4.22. The zero-order chi connectivity index (χ0) is 12.8. The van der Waals surface area contributed by atoms with Crippen molar-refractivity contribution in [2.24, 2.45) is 5.92 Å². The summed E-state index contributed by atoms with van der Waals surface area (Å²) in [6.07, 6.45) is 8.27. The summed E-state index contributed by atoms with van der Waals surface area (Å²) in [7, 11) is 0. The van der Waals surface area contributed by atoms with E-state index in [1.54, 1.807) is 0 Å². The number of nitrogens with one attached hydrogen (secondary N) is 1. The Balaban J connectivity index is 1.83. The van der Waals surface area contributed by atoms with Gasteiger partial charge in [-0.25, -0.2) is 0 Å². The molecule has 0 aromatic heterocycles. The minimum absolute atomic E-state index is 0.439. The Morgan fingerprint density at radius 1 is 1.17 bits per heavy atom. The van der Waals surface area contributed by atoms with Crippen molar-refractivity contribution in [1.82, 2.24) is 5.32 Å². The van der Waals surface area contributed by atoms with Crippen LogP contribution >= 0.6 is 0 Å². The molecule has 2 heterocycles. The van der Waals surface area contributed by atoms with Gasteiger partial charge in [-0.2, -0.15) is 0 Å². The molecule has 3 atom stereocenters. The van der Waals surface area contributed by atoms with Crippen molar-refractivity contribution in [3.63, 3.8) is 0 Å². The second-order valence-electron chi connectivity index (χ2n) is 5.91. The van der Waals surface area contributed by atoms with Gasteiger partial charge in [0.15, 0.2) is 0 Å². The zero-order valence-corrected chi connectivity index (χ0v) is 12.0. The molecule has 3 unspecified atom stereocenters. The van der Waals surface area contributed by atoms with E-state index in [1.807, 2.05) is 0 Å². The van der Waals surface area contributed by atoms with Crippen molar-refractivity contribution in [2.75, 3.05) is 19.8 Å². The minimum atomic E-state index is 0.439. The lowest BCUT2D eigenvalue weighted by Crippen LogP contribution is -2.42. The van der Waals surface area contributed by atoms with E-state index >= 15 is 0 Å². The Hall–Kier alpha value is -0.120. The first kappa shape index (κ1) is 14.3. The molecule has 3 heteroatoms. The van der Waals surface area contributed by atoms with E-state index in [9.17, 15) is 0 Å². The maximum absolute atomic E-state index is 6.07. The molecule has 2 saturated heterocycles. The van der Waals surface area contributed by atoms with E-state index in [4.69, 9.17) is 9.47 Å². The highest BCUT2D eigenvalue weighted by Crippen LogP contribution is 2.28. The lowest BCUT2D eigenvalue weighted by atomic mass is 9.89. The molecule has 2 rings (SSSR count). The van der Waals surface area contributed by atoms with Crippen LogP contribution in [0.15, 0.2) is 0 Å². The van der Waals surface area contributed by atoms with E-state index in [0.717, 1.165) is 25.7 Å². The molecule has 0 spiro atoms. The lowest BCUT2D eigenvalue weighted by molar-refractivity contribution is 0.0141. The molecule has 106 valence electrons. The van der Waals surface area contributed by atoms with Crippen molar-refractivity contribution >= 4 is 0 Å². The fourth-order valence-corrected chi connectivity index (χ4v) is 3.17. The van der Waals surface area contributed by atoms with Crippen LogP contribution in [0.4, 0.5) is 0 Å². The van der Waals surface area contributed by atoms with Crippen molar-refractivity contribution in [1.29, 1.82) is 0 Å². The van der Waals surface area contributed by atoms with Crippen LogP contribution in [0.3, 0.4) is 0 Å². The molecular formula is C15H29NO2. The minimum Gasteiger partial charge on any atom is -0.381 e. The highest BCUT2D eigenvalue weighted by Gasteiger charge is 2.31. The SMILES string of the molecule is CCCNC(CC1CCOCC1)C1CCC(C)O1. The van der Waals surface area contributed by atoms with Crippen LogP contribution in [-0.2, 0) is 9.47 Å². The largest absolute Gasteiger partial charge is 0.381 e. The molecule has 0 saturated carbocycles. The van der Waals surface area contributed by atoms with Gasteiger partial charge in [0.2, 0.25) is 0 Å². The Morgan fingerprint density at radius 2 is 1.94 bits per heavy atom. The number of rotatable bonds is 6. The van der Waals surface area contributed by atoms with Crippen LogP contribution in [0.25, 0.3) is 0 Å². The summed E-state index contributed by atoms with van der Waals surface area (Å²) in [5.74, 6) is 0.826. The Labute approximate surface area is 112 Å². The first-order valence-electron chi connectivity index (χ1n) is 7.76. The normalized spacial score (nSPS) is 31.7. The Bertz CT molecular complexity index is 229. The molecule has 0 aromatic carbocycles. The smallest absolute Gasteiger partial charge is 0.0732 e. The van der Waals surface area contributed by atoms with E-state index in [2.05, 4.69) is 19.2 Å². The van der Waals surface area contributed by atoms with Gasteiger partial charge in [-0.3, -0.25) is 0 Å². The molecule has 2 aliphatic rings. The third-order valence-corrected chi connectivity index (χ3v) is 4.30. The molecule has 0 radical (unpaired) electrons. The van der Waals surface area contributed by atoms with Gasteiger partial charge >= 0.3 is 0 Å². The quantitative estimate of drug-likeness (QED) is 0.791. The Kier molecular flexibility index (Phi) is 5.93. The van der Waals surface area contributed by atoms with Gasteiger partial charge in [0.25, 0.3) is 0 Å². The molecule has 2 aliphatic heterocycles. The van der Waals surface area contributed by atoms with E-state index in [1.165, 1.54) is 38.5 Å². The molecule has 3 nitrogen and oxygen atoms in total. The molecule has 2 fully saturated rings. The predicted octanol–water partition coefficient (Wildman–Crippen LogP) is 2.74. The highest BCUT2D eigenvalue weighted by atomic mass is 16.5. The van der Waals surface area contributed by atoms with Gasteiger partial charge in [0, 0.05) is 19.3 Å². The van der Waals surface area contributed by atoms with Crippen molar-refractivity contribution in [2.45, 2.75) is 70.6 Å². The number of hydrogen-bond acceptors (Lipinski definition) is 3. The second kappa shape index (κ2) is 7.46. The fraction of sp³-hybridized carbons (Fsp3) is 1.00. The predicted molar refractivity (Wildman–Crippen MR) is 73.8 cm³/mol. The van der Waals surface area contributed by atoms with Crippen LogP contribution in [0, 0.1) is 5.92 Å². The standard InChI is InChI=1S/C15H29NO2/c1-3-8-16-14(15-5-4-12(2)18-15)11-13-6-9-17-10-7-13/h12-16H,3-11H2,1-2H3. The summed E-state index contributed by atoms with van der Waals surface area (Å²) in [5, 5.41) is 3.71. The van der Waals surface area contributed by atoms with Crippen LogP contribution in [-0.4, -0.2) is 38.0 Å². The molecule has 0 aliphatic carbocycles. The summed E-state index contributed by atoms with van der Waals surface area (Å²) < 4.78 is 11.5.